The number of carbonyl (C=O) groups is 1. The molecule has 8 nitrogen and oxygen atoms in total. The van der Waals surface area contributed by atoms with Gasteiger partial charge >= 0.3 is 5.63 Å². The van der Waals surface area contributed by atoms with Gasteiger partial charge in [-0.25, -0.2) is 13.2 Å². The molecule has 1 aliphatic heterocycles. The first-order chi connectivity index (χ1) is 12.8. The van der Waals surface area contributed by atoms with Gasteiger partial charge in [-0.15, -0.1) is 0 Å². The molecule has 1 amide bonds. The molecule has 0 saturated carbocycles. The van der Waals surface area contributed by atoms with E-state index in [0.717, 1.165) is 0 Å². The van der Waals surface area contributed by atoms with Crippen LogP contribution in [0.5, 0.6) is 11.5 Å². The molecule has 1 N–H and O–H groups in total. The molecule has 1 fully saturated rings. The molecule has 1 atom stereocenters. The highest BCUT2D eigenvalue weighted by atomic mass is 32.2. The number of rotatable bonds is 5. The lowest BCUT2D eigenvalue weighted by Crippen LogP contribution is -2.37. The van der Waals surface area contributed by atoms with Crippen molar-refractivity contribution in [1.29, 1.82) is 0 Å². The topological polar surface area (TPSA) is 112 Å². The molecule has 2 heterocycles. The smallest absolute Gasteiger partial charge is 0.340 e. The second kappa shape index (κ2) is 7.22. The van der Waals surface area contributed by atoms with E-state index in [4.69, 9.17) is 13.9 Å². The molecule has 1 aromatic heterocycles. The third-order valence-corrected chi connectivity index (χ3v) is 6.50. The number of aryl methyl sites for hydroxylation is 1. The molecule has 146 valence electrons. The number of fused-ring (bicyclic) bond motifs is 1. The number of amides is 1. The summed E-state index contributed by atoms with van der Waals surface area (Å²) >= 11 is 0. The van der Waals surface area contributed by atoms with Crippen molar-refractivity contribution in [2.75, 3.05) is 25.7 Å². The van der Waals surface area contributed by atoms with Gasteiger partial charge in [0.2, 0.25) is 11.7 Å². The minimum Gasteiger partial charge on any atom is -0.493 e. The van der Waals surface area contributed by atoms with Crippen molar-refractivity contribution in [2.24, 2.45) is 0 Å². The van der Waals surface area contributed by atoms with Crippen molar-refractivity contribution in [3.05, 3.63) is 33.7 Å². The third kappa shape index (κ3) is 3.78. The summed E-state index contributed by atoms with van der Waals surface area (Å²) in [6, 6.07) is 3.01. The first kappa shape index (κ1) is 19.2. The van der Waals surface area contributed by atoms with Gasteiger partial charge in [0.25, 0.3) is 0 Å². The molecule has 1 saturated heterocycles. The number of benzene rings is 1. The zero-order chi connectivity index (χ0) is 19.8. The van der Waals surface area contributed by atoms with E-state index < -0.39 is 27.4 Å². The van der Waals surface area contributed by atoms with Crippen LogP contribution < -0.4 is 20.4 Å². The summed E-state index contributed by atoms with van der Waals surface area (Å²) in [6.07, 6.45) is 0.200. The van der Waals surface area contributed by atoms with Crippen molar-refractivity contribution >= 4 is 26.7 Å². The minimum atomic E-state index is -3.09. The summed E-state index contributed by atoms with van der Waals surface area (Å²) in [5.74, 6) is 0.327. The minimum absolute atomic E-state index is 0.0662. The molecule has 3 rings (SSSR count). The number of nitrogens with one attached hydrogen (secondary N) is 1. The van der Waals surface area contributed by atoms with Crippen LogP contribution in [0.3, 0.4) is 0 Å². The van der Waals surface area contributed by atoms with Gasteiger partial charge in [-0.2, -0.15) is 0 Å². The molecule has 9 heteroatoms. The zero-order valence-corrected chi connectivity index (χ0v) is 16.1. The van der Waals surface area contributed by atoms with Gasteiger partial charge in [0, 0.05) is 11.4 Å². The Kier molecular flexibility index (Phi) is 5.14. The first-order valence-electron chi connectivity index (χ1n) is 8.42. The van der Waals surface area contributed by atoms with Gasteiger partial charge < -0.3 is 19.2 Å². The highest BCUT2D eigenvalue weighted by Crippen LogP contribution is 2.36. The van der Waals surface area contributed by atoms with Crippen molar-refractivity contribution in [1.82, 2.24) is 5.32 Å². The number of sulfone groups is 1. The van der Waals surface area contributed by atoms with E-state index in [0.29, 0.717) is 28.9 Å². The second-order valence-corrected chi connectivity index (χ2v) is 8.74. The van der Waals surface area contributed by atoms with Crippen LogP contribution in [0.15, 0.2) is 21.3 Å². The summed E-state index contributed by atoms with van der Waals surface area (Å²) in [6.45, 7) is 1.73. The van der Waals surface area contributed by atoms with Gasteiger partial charge in [-0.1, -0.05) is 0 Å². The van der Waals surface area contributed by atoms with E-state index in [-0.39, 0.29) is 29.1 Å². The largest absolute Gasteiger partial charge is 0.493 e. The van der Waals surface area contributed by atoms with Gasteiger partial charge in [-0.3, -0.25) is 4.79 Å². The highest BCUT2D eigenvalue weighted by molar-refractivity contribution is 7.91. The van der Waals surface area contributed by atoms with Crippen LogP contribution in [-0.4, -0.2) is 46.1 Å². The summed E-state index contributed by atoms with van der Waals surface area (Å²) in [5.41, 5.74) is 0.454. The SMILES string of the molecule is COc1ccc2c(C)c(CC(=O)N[C@H]3CCS(=O)(=O)C3)c(=O)oc2c1OC. The Bertz CT molecular complexity index is 1060. The number of methoxy groups -OCH3 is 2. The van der Waals surface area contributed by atoms with E-state index in [1.807, 2.05) is 0 Å². The van der Waals surface area contributed by atoms with Crippen molar-refractivity contribution in [3.63, 3.8) is 0 Å². The molecule has 2 aromatic rings. The normalized spacial score (nSPS) is 18.4. The summed E-state index contributed by atoms with van der Waals surface area (Å²) < 4.78 is 38.9. The van der Waals surface area contributed by atoms with Gasteiger partial charge in [-0.05, 0) is 31.0 Å². The summed E-state index contributed by atoms with van der Waals surface area (Å²) in [7, 11) is -0.163. The first-order valence-corrected chi connectivity index (χ1v) is 10.2. The molecule has 0 aliphatic carbocycles. The molecule has 0 spiro atoms. The molecule has 27 heavy (non-hydrogen) atoms. The van der Waals surface area contributed by atoms with Gasteiger partial charge in [0.15, 0.2) is 21.2 Å². The monoisotopic (exact) mass is 395 g/mol. The van der Waals surface area contributed by atoms with Crippen LogP contribution in [0.2, 0.25) is 0 Å². The van der Waals surface area contributed by atoms with E-state index in [1.165, 1.54) is 14.2 Å². The summed E-state index contributed by atoms with van der Waals surface area (Å²) in [5, 5.41) is 3.32. The Morgan fingerprint density at radius 3 is 2.63 bits per heavy atom. The van der Waals surface area contributed by atoms with Gasteiger partial charge in [0.1, 0.15) is 0 Å². The summed E-state index contributed by atoms with van der Waals surface area (Å²) in [4.78, 5) is 24.8. The Morgan fingerprint density at radius 1 is 1.30 bits per heavy atom. The van der Waals surface area contributed by atoms with Gasteiger partial charge in [0.05, 0.1) is 37.7 Å². The molecule has 1 aliphatic rings. The van der Waals surface area contributed by atoms with Crippen LogP contribution in [0.1, 0.15) is 17.5 Å². The maximum Gasteiger partial charge on any atom is 0.340 e. The molecule has 0 bridgehead atoms. The van der Waals surface area contributed by atoms with E-state index >= 15 is 0 Å². The maximum atomic E-state index is 12.5. The van der Waals surface area contributed by atoms with Crippen molar-refractivity contribution < 1.29 is 27.1 Å². The average molecular weight is 395 g/mol. The molecular formula is C18H21NO7S. The molecule has 0 radical (unpaired) electrons. The van der Waals surface area contributed by atoms with E-state index in [9.17, 15) is 18.0 Å². The quantitative estimate of drug-likeness (QED) is 0.751. The van der Waals surface area contributed by atoms with Crippen LogP contribution in [0, 0.1) is 6.92 Å². The van der Waals surface area contributed by atoms with E-state index in [1.54, 1.807) is 19.1 Å². The maximum absolute atomic E-state index is 12.5. The Hall–Kier alpha value is -2.55. The zero-order valence-electron chi connectivity index (χ0n) is 15.3. The predicted molar refractivity (Wildman–Crippen MR) is 99.2 cm³/mol. The third-order valence-electron chi connectivity index (χ3n) is 4.73. The number of hydrogen-bond donors (Lipinski definition) is 1. The highest BCUT2D eigenvalue weighted by Gasteiger charge is 2.29. The predicted octanol–water partition coefficient (Wildman–Crippen LogP) is 0.964. The molecule has 0 unspecified atom stereocenters. The number of ether oxygens (including phenoxy) is 2. The van der Waals surface area contributed by atoms with Crippen molar-refractivity contribution in [3.8, 4) is 11.5 Å². The van der Waals surface area contributed by atoms with Crippen LogP contribution in [0.25, 0.3) is 11.0 Å². The average Bonchev–Trinajstić information content (AvgIpc) is 2.95. The molecule has 1 aromatic carbocycles. The fraction of sp³-hybridized carbons (Fsp3) is 0.444. The lowest BCUT2D eigenvalue weighted by atomic mass is 10.0. The Labute approximate surface area is 156 Å². The van der Waals surface area contributed by atoms with Crippen LogP contribution in [-0.2, 0) is 21.1 Å². The lowest BCUT2D eigenvalue weighted by molar-refractivity contribution is -0.121. The van der Waals surface area contributed by atoms with Crippen molar-refractivity contribution in [2.45, 2.75) is 25.8 Å². The number of carbonyl (C=O) groups excluding carboxylic acids is 1. The molecular weight excluding hydrogens is 374 g/mol. The Balaban J connectivity index is 1.91. The fourth-order valence-electron chi connectivity index (χ4n) is 3.32. The Morgan fingerprint density at radius 2 is 2.04 bits per heavy atom. The standard InChI is InChI=1S/C18H21NO7S/c1-10-12-4-5-14(24-2)17(25-3)16(12)26-18(21)13(10)8-15(20)19-11-6-7-27(22,23)9-11/h4-5,11H,6-9H2,1-3H3,(H,19,20)/t11-/m0/s1. The fourth-order valence-corrected chi connectivity index (χ4v) is 4.99. The lowest BCUT2D eigenvalue weighted by Gasteiger charge is -2.14. The van der Waals surface area contributed by atoms with Crippen LogP contribution in [0.4, 0.5) is 0 Å². The van der Waals surface area contributed by atoms with E-state index in [2.05, 4.69) is 5.32 Å². The number of hydrogen-bond acceptors (Lipinski definition) is 7. The van der Waals surface area contributed by atoms with Crippen LogP contribution >= 0.6 is 0 Å². The second-order valence-electron chi connectivity index (χ2n) is 6.52.